The largest absolute Gasteiger partial charge is 0.482 e. The van der Waals surface area contributed by atoms with Crippen LogP contribution in [0.3, 0.4) is 0 Å². The van der Waals surface area contributed by atoms with Gasteiger partial charge in [-0.2, -0.15) is 0 Å². The summed E-state index contributed by atoms with van der Waals surface area (Å²) in [7, 11) is 0. The number of benzene rings is 2. The van der Waals surface area contributed by atoms with E-state index >= 15 is 0 Å². The Kier molecular flexibility index (Phi) is 6.70. The van der Waals surface area contributed by atoms with Crippen LogP contribution in [0, 0.1) is 10.1 Å². The number of hydrogen-bond acceptors (Lipinski definition) is 6. The molecule has 0 spiro atoms. The monoisotopic (exact) mass is 385 g/mol. The van der Waals surface area contributed by atoms with Crippen LogP contribution in [0.4, 0.5) is 5.69 Å². The number of nitrogens with zero attached hydrogens (tertiary/aromatic N) is 2. The minimum atomic E-state index is -0.688. The van der Waals surface area contributed by atoms with E-state index in [0.717, 1.165) is 5.56 Å². The number of carbonyl (C=O) groups excluding carboxylic acids is 1. The van der Waals surface area contributed by atoms with Gasteiger partial charge in [0.15, 0.2) is 6.61 Å². The van der Waals surface area contributed by atoms with Gasteiger partial charge in [-0.3, -0.25) is 10.1 Å². The molecule has 2 rings (SSSR count). The Morgan fingerprint density at radius 3 is 2.25 bits per heavy atom. The summed E-state index contributed by atoms with van der Waals surface area (Å²) in [4.78, 5) is 26.6. The molecule has 8 heteroatoms. The highest BCUT2D eigenvalue weighted by molar-refractivity contribution is 5.83. The van der Waals surface area contributed by atoms with Gasteiger partial charge in [-0.15, -0.1) is 0 Å². The standard InChI is InChI=1S/C20H23N3O5/c1-20(2,3)15-6-10-17(11-7-15)27-13-19(24)28-22-18(21)12-14-4-8-16(9-5-14)23(25)26/h4-11H,12-13H2,1-3H3,(H2,21,22). The number of rotatable bonds is 7. The highest BCUT2D eigenvalue weighted by Crippen LogP contribution is 2.24. The first-order valence-corrected chi connectivity index (χ1v) is 8.64. The molecule has 2 N–H and O–H groups in total. The third-order valence-corrected chi connectivity index (χ3v) is 3.87. The molecule has 0 fully saturated rings. The summed E-state index contributed by atoms with van der Waals surface area (Å²) in [5, 5.41) is 14.2. The molecule has 2 aromatic carbocycles. The lowest BCUT2D eigenvalue weighted by atomic mass is 9.87. The van der Waals surface area contributed by atoms with Gasteiger partial charge < -0.3 is 15.3 Å². The van der Waals surface area contributed by atoms with Crippen molar-refractivity contribution in [3.8, 4) is 5.75 Å². The zero-order valence-corrected chi connectivity index (χ0v) is 16.0. The summed E-state index contributed by atoms with van der Waals surface area (Å²) >= 11 is 0. The highest BCUT2D eigenvalue weighted by atomic mass is 16.7. The second-order valence-electron chi connectivity index (χ2n) is 7.21. The normalized spacial score (nSPS) is 11.8. The summed E-state index contributed by atoms with van der Waals surface area (Å²) in [6, 6.07) is 13.3. The SMILES string of the molecule is CC(C)(C)c1ccc(OCC(=O)O/N=C(\N)Cc2ccc([N+](=O)[O-])cc2)cc1. The van der Waals surface area contributed by atoms with Crippen molar-refractivity contribution in [3.63, 3.8) is 0 Å². The van der Waals surface area contributed by atoms with Gasteiger partial charge in [0.25, 0.3) is 5.69 Å². The molecule has 0 unspecified atom stereocenters. The molecule has 0 aromatic heterocycles. The number of non-ortho nitro benzene ring substituents is 1. The topological polar surface area (TPSA) is 117 Å². The van der Waals surface area contributed by atoms with Crippen molar-refractivity contribution in [2.24, 2.45) is 10.9 Å². The molecule has 0 heterocycles. The fourth-order valence-electron chi connectivity index (χ4n) is 2.31. The fraction of sp³-hybridized carbons (Fsp3) is 0.300. The zero-order chi connectivity index (χ0) is 20.7. The van der Waals surface area contributed by atoms with E-state index in [2.05, 4.69) is 25.9 Å². The Bertz CT molecular complexity index is 853. The van der Waals surface area contributed by atoms with Crippen molar-refractivity contribution >= 4 is 17.5 Å². The maximum atomic E-state index is 11.7. The number of hydrogen-bond donors (Lipinski definition) is 1. The summed E-state index contributed by atoms with van der Waals surface area (Å²) in [6.45, 7) is 6.03. The molecule has 0 amide bonds. The Balaban J connectivity index is 1.81. The lowest BCUT2D eigenvalue weighted by Crippen LogP contribution is -2.19. The number of nitro groups is 1. The van der Waals surface area contributed by atoms with E-state index < -0.39 is 10.9 Å². The van der Waals surface area contributed by atoms with E-state index in [9.17, 15) is 14.9 Å². The second-order valence-corrected chi connectivity index (χ2v) is 7.21. The molecule has 0 saturated heterocycles. The average molecular weight is 385 g/mol. The van der Waals surface area contributed by atoms with Gasteiger partial charge in [0.1, 0.15) is 11.6 Å². The van der Waals surface area contributed by atoms with Gasteiger partial charge in [-0.25, -0.2) is 4.79 Å². The lowest BCUT2D eigenvalue weighted by molar-refractivity contribution is -0.384. The van der Waals surface area contributed by atoms with Crippen LogP contribution in [0.2, 0.25) is 0 Å². The van der Waals surface area contributed by atoms with Crippen LogP contribution in [0.5, 0.6) is 5.75 Å². The molecule has 0 aliphatic heterocycles. The maximum Gasteiger partial charge on any atom is 0.372 e. The van der Waals surface area contributed by atoms with Crippen LogP contribution in [0.15, 0.2) is 53.7 Å². The van der Waals surface area contributed by atoms with Gasteiger partial charge in [0, 0.05) is 18.6 Å². The molecule has 0 atom stereocenters. The van der Waals surface area contributed by atoms with Crippen molar-refractivity contribution in [2.45, 2.75) is 32.6 Å². The molecular formula is C20H23N3O5. The van der Waals surface area contributed by atoms with Crippen LogP contribution in [-0.2, 0) is 21.5 Å². The van der Waals surface area contributed by atoms with E-state index in [0.29, 0.717) is 11.3 Å². The van der Waals surface area contributed by atoms with Crippen molar-refractivity contribution in [1.82, 2.24) is 0 Å². The van der Waals surface area contributed by atoms with E-state index in [1.165, 1.54) is 12.1 Å². The number of amidine groups is 1. The Hall–Kier alpha value is -3.42. The van der Waals surface area contributed by atoms with Crippen LogP contribution < -0.4 is 10.5 Å². The van der Waals surface area contributed by atoms with Crippen molar-refractivity contribution in [2.75, 3.05) is 6.61 Å². The van der Waals surface area contributed by atoms with Crippen LogP contribution in [0.1, 0.15) is 31.9 Å². The van der Waals surface area contributed by atoms with E-state index in [-0.39, 0.29) is 30.0 Å². The molecule has 0 saturated carbocycles. The van der Waals surface area contributed by atoms with Gasteiger partial charge in [0.2, 0.25) is 0 Å². The lowest BCUT2D eigenvalue weighted by Gasteiger charge is -2.19. The average Bonchev–Trinajstić information content (AvgIpc) is 2.64. The quantitative estimate of drug-likeness (QED) is 0.257. The third-order valence-electron chi connectivity index (χ3n) is 3.87. The maximum absolute atomic E-state index is 11.7. The molecule has 8 nitrogen and oxygen atoms in total. The van der Waals surface area contributed by atoms with Crippen LogP contribution in [-0.4, -0.2) is 23.3 Å². The van der Waals surface area contributed by atoms with Crippen LogP contribution >= 0.6 is 0 Å². The predicted molar refractivity (Wildman–Crippen MR) is 105 cm³/mol. The molecule has 0 aliphatic carbocycles. The smallest absolute Gasteiger partial charge is 0.372 e. The molecule has 0 radical (unpaired) electrons. The first-order chi connectivity index (χ1) is 13.1. The Morgan fingerprint density at radius 2 is 1.71 bits per heavy atom. The van der Waals surface area contributed by atoms with Gasteiger partial charge in [-0.1, -0.05) is 50.2 Å². The zero-order valence-electron chi connectivity index (χ0n) is 16.0. The predicted octanol–water partition coefficient (Wildman–Crippen LogP) is 3.33. The van der Waals surface area contributed by atoms with E-state index in [1.807, 2.05) is 12.1 Å². The van der Waals surface area contributed by atoms with Gasteiger partial charge >= 0.3 is 5.97 Å². The van der Waals surface area contributed by atoms with Gasteiger partial charge in [0.05, 0.1) is 4.92 Å². The molecule has 0 aliphatic rings. The highest BCUT2D eigenvalue weighted by Gasteiger charge is 2.13. The van der Waals surface area contributed by atoms with Gasteiger partial charge in [-0.05, 0) is 28.7 Å². The number of ether oxygens (including phenoxy) is 1. The number of carbonyl (C=O) groups is 1. The fourth-order valence-corrected chi connectivity index (χ4v) is 2.31. The molecule has 148 valence electrons. The van der Waals surface area contributed by atoms with Crippen molar-refractivity contribution in [1.29, 1.82) is 0 Å². The summed E-state index contributed by atoms with van der Waals surface area (Å²) in [5.41, 5.74) is 7.60. The molecular weight excluding hydrogens is 362 g/mol. The van der Waals surface area contributed by atoms with E-state index in [4.69, 9.17) is 15.3 Å². The van der Waals surface area contributed by atoms with Crippen molar-refractivity contribution < 1.29 is 19.3 Å². The Labute approximate surface area is 163 Å². The summed E-state index contributed by atoms with van der Waals surface area (Å²) in [6.07, 6.45) is 0.195. The first kappa shape index (κ1) is 20.9. The minimum Gasteiger partial charge on any atom is -0.482 e. The first-order valence-electron chi connectivity index (χ1n) is 8.64. The van der Waals surface area contributed by atoms with E-state index in [1.54, 1.807) is 24.3 Å². The van der Waals surface area contributed by atoms with Crippen LogP contribution in [0.25, 0.3) is 0 Å². The molecule has 0 bridgehead atoms. The third kappa shape index (κ3) is 6.39. The Morgan fingerprint density at radius 1 is 1.11 bits per heavy atom. The summed E-state index contributed by atoms with van der Waals surface area (Å²) in [5.74, 6) is -0.0731. The molecule has 2 aromatic rings. The minimum absolute atomic E-state index is 0.0154. The number of nitro benzene ring substituents is 1. The summed E-state index contributed by atoms with van der Waals surface area (Å²) < 4.78 is 5.37. The number of nitrogens with two attached hydrogens (primary N) is 1. The second kappa shape index (κ2) is 8.98. The van der Waals surface area contributed by atoms with Crippen molar-refractivity contribution in [3.05, 3.63) is 69.8 Å². The number of oxime groups is 1. The molecule has 28 heavy (non-hydrogen) atoms.